The molecule has 0 aromatic heterocycles. The van der Waals surface area contributed by atoms with Crippen molar-refractivity contribution in [2.75, 3.05) is 13.7 Å². The minimum atomic E-state index is 0.414. The lowest BCUT2D eigenvalue weighted by Crippen LogP contribution is -2.44. The van der Waals surface area contributed by atoms with Gasteiger partial charge in [-0.15, -0.1) is 0 Å². The maximum Gasteiger partial charge on any atom is 0.119 e. The lowest BCUT2D eigenvalue weighted by molar-refractivity contribution is -0.0444. The molecule has 3 aliphatic rings. The molecule has 0 heterocycles. The van der Waals surface area contributed by atoms with Crippen LogP contribution in [-0.4, -0.2) is 19.8 Å². The van der Waals surface area contributed by atoms with E-state index < -0.39 is 0 Å². The Balaban J connectivity index is 1.58. The summed E-state index contributed by atoms with van der Waals surface area (Å²) in [5.41, 5.74) is 3.59. The average molecular weight is 328 g/mol. The van der Waals surface area contributed by atoms with Crippen LogP contribution >= 0.6 is 0 Å². The normalized spacial score (nSPS) is 37.5. The molecule has 24 heavy (non-hydrogen) atoms. The first kappa shape index (κ1) is 16.4. The van der Waals surface area contributed by atoms with Crippen LogP contribution in [0.15, 0.2) is 18.2 Å². The summed E-state index contributed by atoms with van der Waals surface area (Å²) in [5.74, 6) is 3.54. The van der Waals surface area contributed by atoms with Gasteiger partial charge >= 0.3 is 0 Å². The molecule has 2 nitrogen and oxygen atoms in total. The van der Waals surface area contributed by atoms with Crippen molar-refractivity contribution in [3.05, 3.63) is 29.3 Å². The largest absolute Gasteiger partial charge is 0.494 e. The van der Waals surface area contributed by atoms with Crippen LogP contribution in [0, 0.1) is 17.3 Å². The third kappa shape index (κ3) is 2.49. The summed E-state index contributed by atoms with van der Waals surface area (Å²) < 4.78 is 11.7. The SMILES string of the molecule is CCCOc1ccc2c(c1)CC[C@@H]1[C@@H]2CC[C@@]2(C)[C@@H](OC)CC[C@H]12. The van der Waals surface area contributed by atoms with Crippen LogP contribution in [-0.2, 0) is 11.2 Å². The van der Waals surface area contributed by atoms with E-state index in [-0.39, 0.29) is 0 Å². The van der Waals surface area contributed by atoms with E-state index in [4.69, 9.17) is 9.47 Å². The first-order chi connectivity index (χ1) is 11.7. The van der Waals surface area contributed by atoms with Crippen molar-refractivity contribution < 1.29 is 9.47 Å². The van der Waals surface area contributed by atoms with Crippen molar-refractivity contribution in [1.82, 2.24) is 0 Å². The summed E-state index contributed by atoms with van der Waals surface area (Å²) >= 11 is 0. The topological polar surface area (TPSA) is 18.5 Å². The Morgan fingerprint density at radius 3 is 2.83 bits per heavy atom. The molecule has 0 amide bonds. The maximum absolute atomic E-state index is 5.87. The zero-order chi connectivity index (χ0) is 16.7. The van der Waals surface area contributed by atoms with Crippen LogP contribution in [0.5, 0.6) is 5.75 Å². The van der Waals surface area contributed by atoms with E-state index in [2.05, 4.69) is 32.0 Å². The van der Waals surface area contributed by atoms with Crippen molar-refractivity contribution in [3.8, 4) is 5.75 Å². The number of hydrogen-bond acceptors (Lipinski definition) is 2. The molecule has 1 aromatic rings. The van der Waals surface area contributed by atoms with Crippen LogP contribution in [0.1, 0.15) is 69.4 Å². The molecule has 3 aliphatic carbocycles. The van der Waals surface area contributed by atoms with Crippen LogP contribution in [0.25, 0.3) is 0 Å². The maximum atomic E-state index is 5.87. The monoisotopic (exact) mass is 328 g/mol. The van der Waals surface area contributed by atoms with E-state index in [1.165, 1.54) is 38.5 Å². The van der Waals surface area contributed by atoms with Gasteiger partial charge in [0.15, 0.2) is 0 Å². The summed E-state index contributed by atoms with van der Waals surface area (Å²) in [5, 5.41) is 0. The number of hydrogen-bond donors (Lipinski definition) is 0. The van der Waals surface area contributed by atoms with Gasteiger partial charge in [0, 0.05) is 7.11 Å². The molecule has 2 heteroatoms. The van der Waals surface area contributed by atoms with Gasteiger partial charge in [-0.25, -0.2) is 0 Å². The van der Waals surface area contributed by atoms with Gasteiger partial charge in [0.05, 0.1) is 12.7 Å². The van der Waals surface area contributed by atoms with Gasteiger partial charge in [-0.2, -0.15) is 0 Å². The predicted molar refractivity (Wildman–Crippen MR) is 97.6 cm³/mol. The average Bonchev–Trinajstić information content (AvgIpc) is 2.95. The third-order valence-electron chi connectivity index (χ3n) is 7.37. The fourth-order valence-corrected chi connectivity index (χ4v) is 6.21. The van der Waals surface area contributed by atoms with Crippen LogP contribution in [0.3, 0.4) is 0 Å². The molecule has 2 saturated carbocycles. The van der Waals surface area contributed by atoms with E-state index in [0.717, 1.165) is 36.5 Å². The Labute approximate surface area is 146 Å². The number of ether oxygens (including phenoxy) is 2. The summed E-state index contributed by atoms with van der Waals surface area (Å²) in [7, 11) is 1.92. The van der Waals surface area contributed by atoms with Crippen molar-refractivity contribution in [1.29, 1.82) is 0 Å². The fraction of sp³-hybridized carbons (Fsp3) is 0.727. The lowest BCUT2D eigenvalue weighted by atomic mass is 9.55. The van der Waals surface area contributed by atoms with Crippen LogP contribution in [0.2, 0.25) is 0 Å². The molecule has 0 N–H and O–H groups in total. The van der Waals surface area contributed by atoms with Crippen molar-refractivity contribution >= 4 is 0 Å². The zero-order valence-electron chi connectivity index (χ0n) is 15.5. The standard InChI is InChI=1S/C22H32O2/c1-4-13-24-16-6-8-17-15(14-16)5-7-19-18(17)11-12-22(2)20(19)9-10-21(22)23-3/h6,8,14,18-21H,4-5,7,9-13H2,1-3H3/t18-,19-,20-,21+,22-/m1/s1. The number of rotatable bonds is 4. The van der Waals surface area contributed by atoms with Gasteiger partial charge in [0.2, 0.25) is 0 Å². The smallest absolute Gasteiger partial charge is 0.119 e. The third-order valence-corrected chi connectivity index (χ3v) is 7.37. The number of methoxy groups -OCH3 is 1. The molecular formula is C22H32O2. The number of fused-ring (bicyclic) bond motifs is 5. The van der Waals surface area contributed by atoms with Gasteiger partial charge in [-0.1, -0.05) is 19.9 Å². The molecule has 132 valence electrons. The van der Waals surface area contributed by atoms with E-state index >= 15 is 0 Å². The first-order valence-corrected chi connectivity index (χ1v) is 9.95. The quantitative estimate of drug-likeness (QED) is 0.742. The Hall–Kier alpha value is -1.02. The lowest BCUT2D eigenvalue weighted by Gasteiger charge is -2.50. The number of benzene rings is 1. The second kappa shape index (κ2) is 6.37. The van der Waals surface area contributed by atoms with Crippen LogP contribution in [0.4, 0.5) is 0 Å². The highest BCUT2D eigenvalue weighted by Gasteiger charge is 2.54. The second-order valence-corrected chi connectivity index (χ2v) is 8.47. The summed E-state index contributed by atoms with van der Waals surface area (Å²) in [6.45, 7) is 5.49. The van der Waals surface area contributed by atoms with Gasteiger partial charge < -0.3 is 9.47 Å². The van der Waals surface area contributed by atoms with E-state index in [1.54, 1.807) is 11.1 Å². The molecule has 0 spiro atoms. The summed E-state index contributed by atoms with van der Waals surface area (Å²) in [6, 6.07) is 6.90. The molecular weight excluding hydrogens is 296 g/mol. The Kier molecular flexibility index (Phi) is 4.36. The molecule has 0 unspecified atom stereocenters. The molecule has 4 rings (SSSR count). The van der Waals surface area contributed by atoms with Crippen molar-refractivity contribution in [2.24, 2.45) is 17.3 Å². The Morgan fingerprint density at radius 1 is 1.17 bits per heavy atom. The van der Waals surface area contributed by atoms with Crippen molar-refractivity contribution in [3.63, 3.8) is 0 Å². The first-order valence-electron chi connectivity index (χ1n) is 9.95. The van der Waals surface area contributed by atoms with E-state index in [1.807, 2.05) is 7.11 Å². The molecule has 1 aromatic carbocycles. The predicted octanol–water partition coefficient (Wildman–Crippen LogP) is 5.35. The fourth-order valence-electron chi connectivity index (χ4n) is 6.21. The van der Waals surface area contributed by atoms with E-state index in [9.17, 15) is 0 Å². The summed E-state index contributed by atoms with van der Waals surface area (Å²) in [6.07, 6.45) is 9.42. The molecule has 5 atom stereocenters. The van der Waals surface area contributed by atoms with Gasteiger partial charge in [0.25, 0.3) is 0 Å². The minimum absolute atomic E-state index is 0.414. The van der Waals surface area contributed by atoms with Gasteiger partial charge in [-0.3, -0.25) is 0 Å². The van der Waals surface area contributed by atoms with Gasteiger partial charge in [0.1, 0.15) is 5.75 Å². The van der Waals surface area contributed by atoms with Crippen LogP contribution < -0.4 is 4.74 Å². The zero-order valence-corrected chi connectivity index (χ0v) is 15.5. The Bertz CT molecular complexity index is 596. The highest BCUT2D eigenvalue weighted by atomic mass is 16.5. The highest BCUT2D eigenvalue weighted by Crippen LogP contribution is 2.61. The van der Waals surface area contributed by atoms with Crippen molar-refractivity contribution in [2.45, 2.75) is 70.8 Å². The highest BCUT2D eigenvalue weighted by molar-refractivity contribution is 5.40. The second-order valence-electron chi connectivity index (χ2n) is 8.47. The summed E-state index contributed by atoms with van der Waals surface area (Å²) in [4.78, 5) is 0. The molecule has 2 fully saturated rings. The number of aryl methyl sites for hydroxylation is 1. The molecule has 0 radical (unpaired) electrons. The van der Waals surface area contributed by atoms with E-state index in [0.29, 0.717) is 11.5 Å². The molecule has 0 saturated heterocycles. The molecule has 0 aliphatic heterocycles. The molecule has 0 bridgehead atoms. The van der Waals surface area contributed by atoms with Gasteiger partial charge in [-0.05, 0) is 91.4 Å². The Morgan fingerprint density at radius 2 is 2.04 bits per heavy atom. The minimum Gasteiger partial charge on any atom is -0.494 e.